The van der Waals surface area contributed by atoms with Gasteiger partial charge in [-0.05, 0) is 65.3 Å². The van der Waals surface area contributed by atoms with Crippen molar-refractivity contribution in [2.45, 2.75) is 65.1 Å². The monoisotopic (exact) mass is 544 g/mol. The molecule has 0 spiro atoms. The van der Waals surface area contributed by atoms with Gasteiger partial charge in [0.2, 0.25) is 0 Å². The third-order valence-corrected chi connectivity index (χ3v) is 6.04. The van der Waals surface area contributed by atoms with Crippen molar-refractivity contribution in [3.63, 3.8) is 0 Å². The fraction of sp³-hybridized carbons (Fsp3) is 0.739. The van der Waals surface area contributed by atoms with E-state index in [2.05, 4.69) is 65.2 Å². The van der Waals surface area contributed by atoms with Gasteiger partial charge in [-0.1, -0.05) is 12.5 Å². The van der Waals surface area contributed by atoms with Crippen LogP contribution in [-0.2, 0) is 11.3 Å². The molecule has 1 aromatic rings. The summed E-state index contributed by atoms with van der Waals surface area (Å²) in [6, 6.07) is 4.23. The van der Waals surface area contributed by atoms with Gasteiger partial charge < -0.3 is 20.3 Å². The summed E-state index contributed by atoms with van der Waals surface area (Å²) in [7, 11) is 0. The summed E-state index contributed by atoms with van der Waals surface area (Å²) in [5.41, 5.74) is 1.24. The van der Waals surface area contributed by atoms with Crippen molar-refractivity contribution < 1.29 is 4.74 Å². The molecule has 2 aliphatic rings. The van der Waals surface area contributed by atoms with E-state index in [0.29, 0.717) is 6.54 Å². The fourth-order valence-corrected chi connectivity index (χ4v) is 4.15. The van der Waals surface area contributed by atoms with Crippen molar-refractivity contribution >= 4 is 35.8 Å². The summed E-state index contributed by atoms with van der Waals surface area (Å²) < 4.78 is 5.62. The highest BCUT2D eigenvalue weighted by Gasteiger charge is 2.27. The Bertz CT molecular complexity index is 675. The van der Waals surface area contributed by atoms with Gasteiger partial charge in [-0.2, -0.15) is 0 Å². The van der Waals surface area contributed by atoms with E-state index < -0.39 is 0 Å². The molecule has 7 nitrogen and oxygen atoms in total. The molecule has 0 saturated carbocycles. The molecule has 0 aliphatic carbocycles. The zero-order valence-electron chi connectivity index (χ0n) is 19.7. The second-order valence-corrected chi connectivity index (χ2v) is 9.06. The lowest BCUT2D eigenvalue weighted by molar-refractivity contribution is 0.0529. The maximum atomic E-state index is 5.62. The summed E-state index contributed by atoms with van der Waals surface area (Å²) in [6.07, 6.45) is 6.18. The van der Waals surface area contributed by atoms with Crippen LogP contribution in [0, 0.1) is 0 Å². The highest BCUT2D eigenvalue weighted by Crippen LogP contribution is 2.20. The van der Waals surface area contributed by atoms with Gasteiger partial charge in [-0.3, -0.25) is 4.90 Å². The van der Waals surface area contributed by atoms with Crippen LogP contribution >= 0.6 is 24.0 Å². The molecular weight excluding hydrogens is 503 g/mol. The number of piperidine rings is 1. The summed E-state index contributed by atoms with van der Waals surface area (Å²) in [5, 5.41) is 6.93. The highest BCUT2D eigenvalue weighted by molar-refractivity contribution is 14.0. The van der Waals surface area contributed by atoms with E-state index in [1.54, 1.807) is 0 Å². The lowest BCUT2D eigenvalue weighted by Gasteiger charge is -2.41. The van der Waals surface area contributed by atoms with Crippen LogP contribution in [-0.4, -0.2) is 73.4 Å². The average Bonchev–Trinajstić information content (AvgIpc) is 2.77. The summed E-state index contributed by atoms with van der Waals surface area (Å²) >= 11 is 0. The van der Waals surface area contributed by atoms with E-state index in [9.17, 15) is 0 Å². The smallest absolute Gasteiger partial charge is 0.191 e. The quantitative estimate of drug-likeness (QED) is 0.312. The van der Waals surface area contributed by atoms with E-state index in [4.69, 9.17) is 9.73 Å². The van der Waals surface area contributed by atoms with Gasteiger partial charge >= 0.3 is 0 Å². The second-order valence-electron chi connectivity index (χ2n) is 9.06. The van der Waals surface area contributed by atoms with E-state index >= 15 is 0 Å². The van der Waals surface area contributed by atoms with Crippen LogP contribution in [0.5, 0.6) is 0 Å². The molecule has 0 amide bonds. The van der Waals surface area contributed by atoms with Gasteiger partial charge in [0.05, 0.1) is 19.3 Å². The van der Waals surface area contributed by atoms with Crippen molar-refractivity contribution in [3.05, 3.63) is 23.9 Å². The standard InChI is InChI=1S/C23H40N6O.HI/c1-5-24-22(27-18-23(3,4)29-11-7-6-8-12-29)26-16-20-9-10-21(25-15-20)28-13-14-30-19(2)17-28;/h9-10,15,19H,5-8,11-14,16-18H2,1-4H3,(H2,24,26,27);1H. The predicted molar refractivity (Wildman–Crippen MR) is 140 cm³/mol. The second kappa shape index (κ2) is 12.8. The molecule has 0 radical (unpaired) electrons. The largest absolute Gasteiger partial charge is 0.375 e. The SMILES string of the molecule is CCNC(=NCc1ccc(N2CCOC(C)C2)nc1)NCC(C)(C)N1CCCCC1.I. The molecule has 1 unspecified atom stereocenters. The number of halogens is 1. The number of nitrogens with one attached hydrogen (secondary N) is 2. The molecule has 0 bridgehead atoms. The third-order valence-electron chi connectivity index (χ3n) is 6.04. The first-order valence-corrected chi connectivity index (χ1v) is 11.6. The minimum Gasteiger partial charge on any atom is -0.375 e. The molecule has 1 atom stereocenters. The molecule has 1 aromatic heterocycles. The van der Waals surface area contributed by atoms with Crippen molar-refractivity contribution in [3.8, 4) is 0 Å². The maximum Gasteiger partial charge on any atom is 0.191 e. The van der Waals surface area contributed by atoms with E-state index in [1.807, 2.05) is 6.20 Å². The van der Waals surface area contributed by atoms with Gasteiger partial charge in [0.15, 0.2) is 5.96 Å². The molecule has 2 aliphatic heterocycles. The Labute approximate surface area is 205 Å². The Balaban J connectivity index is 0.00000341. The Hall–Kier alpha value is -1.13. The number of aliphatic imine (C=N–C) groups is 1. The van der Waals surface area contributed by atoms with E-state index in [1.165, 1.54) is 32.4 Å². The number of rotatable bonds is 7. The molecule has 2 fully saturated rings. The molecule has 2 N–H and O–H groups in total. The Morgan fingerprint density at radius 1 is 1.19 bits per heavy atom. The Morgan fingerprint density at radius 3 is 2.61 bits per heavy atom. The van der Waals surface area contributed by atoms with Gasteiger partial charge in [-0.25, -0.2) is 9.98 Å². The number of likely N-dealkylation sites (tertiary alicyclic amines) is 1. The molecule has 3 heterocycles. The first-order chi connectivity index (χ1) is 14.5. The van der Waals surface area contributed by atoms with Crippen LogP contribution in [0.1, 0.15) is 52.5 Å². The van der Waals surface area contributed by atoms with Crippen LogP contribution in [0.2, 0.25) is 0 Å². The predicted octanol–water partition coefficient (Wildman–Crippen LogP) is 3.24. The highest BCUT2D eigenvalue weighted by atomic mass is 127. The lowest BCUT2D eigenvalue weighted by atomic mass is 9.98. The number of aromatic nitrogens is 1. The number of pyridine rings is 1. The number of ether oxygens (including phenoxy) is 1. The minimum atomic E-state index is 0. The number of guanidine groups is 1. The van der Waals surface area contributed by atoms with Crippen molar-refractivity contribution in [2.75, 3.05) is 50.8 Å². The van der Waals surface area contributed by atoms with E-state index in [-0.39, 0.29) is 35.6 Å². The van der Waals surface area contributed by atoms with Gasteiger partial charge in [0.25, 0.3) is 0 Å². The molecule has 3 rings (SSSR count). The topological polar surface area (TPSA) is 65.0 Å². The number of hydrogen-bond acceptors (Lipinski definition) is 5. The number of morpholine rings is 1. The van der Waals surface area contributed by atoms with Crippen molar-refractivity contribution in [1.29, 1.82) is 0 Å². The molecule has 0 aromatic carbocycles. The number of hydrogen-bond donors (Lipinski definition) is 2. The first-order valence-electron chi connectivity index (χ1n) is 11.6. The van der Waals surface area contributed by atoms with Crippen LogP contribution in [0.25, 0.3) is 0 Å². The number of nitrogens with zero attached hydrogens (tertiary/aromatic N) is 4. The van der Waals surface area contributed by atoms with E-state index in [0.717, 1.165) is 50.1 Å². The van der Waals surface area contributed by atoms with Gasteiger partial charge in [0.1, 0.15) is 5.82 Å². The van der Waals surface area contributed by atoms with Gasteiger partial charge in [-0.15, -0.1) is 24.0 Å². The first kappa shape index (κ1) is 26.1. The Morgan fingerprint density at radius 2 is 1.97 bits per heavy atom. The van der Waals surface area contributed by atoms with Crippen molar-refractivity contribution in [1.82, 2.24) is 20.5 Å². The van der Waals surface area contributed by atoms with Crippen LogP contribution < -0.4 is 15.5 Å². The third kappa shape index (κ3) is 8.05. The minimum absolute atomic E-state index is 0. The lowest BCUT2D eigenvalue weighted by Crippen LogP contribution is -2.54. The summed E-state index contributed by atoms with van der Waals surface area (Å²) in [6.45, 7) is 16.2. The normalized spacial score (nSPS) is 20.8. The van der Waals surface area contributed by atoms with Crippen LogP contribution in [0.15, 0.2) is 23.3 Å². The molecule has 31 heavy (non-hydrogen) atoms. The Kier molecular flexibility index (Phi) is 10.8. The van der Waals surface area contributed by atoms with Gasteiger partial charge in [0, 0.05) is 37.9 Å². The molecule has 2 saturated heterocycles. The molecule has 8 heteroatoms. The van der Waals surface area contributed by atoms with Crippen LogP contribution in [0.3, 0.4) is 0 Å². The summed E-state index contributed by atoms with van der Waals surface area (Å²) in [4.78, 5) is 14.3. The molecule has 176 valence electrons. The van der Waals surface area contributed by atoms with Crippen LogP contribution in [0.4, 0.5) is 5.82 Å². The average molecular weight is 545 g/mol. The van der Waals surface area contributed by atoms with Crippen molar-refractivity contribution in [2.24, 2.45) is 4.99 Å². The number of anilines is 1. The zero-order chi connectivity index (χ0) is 21.4. The maximum absolute atomic E-state index is 5.62. The fourth-order valence-electron chi connectivity index (χ4n) is 4.15. The molecular formula is C23H41IN6O. The summed E-state index contributed by atoms with van der Waals surface area (Å²) in [5.74, 6) is 1.89. The zero-order valence-corrected chi connectivity index (χ0v) is 22.0.